The predicted molar refractivity (Wildman–Crippen MR) is 36.1 cm³/mol. The molecule has 0 amide bonds. The van der Waals surface area contributed by atoms with Crippen molar-refractivity contribution in [2.45, 2.75) is 32.1 Å². The van der Waals surface area contributed by atoms with Crippen LogP contribution in [0.1, 0.15) is 19.8 Å². The lowest BCUT2D eigenvalue weighted by atomic mass is 10.2. The molecule has 0 heterocycles. The monoisotopic (exact) mass is 145 g/mol. The molecule has 0 aromatic rings. The molecule has 0 fully saturated rings. The Morgan fingerprint density at radius 1 is 1.60 bits per heavy atom. The third-order valence-corrected chi connectivity index (χ3v) is 1.10. The molecular formula is C5H11N3O2. The molecule has 0 rings (SSSR count). The summed E-state index contributed by atoms with van der Waals surface area (Å²) in [5, 5.41) is 20.6. The van der Waals surface area contributed by atoms with Crippen LogP contribution in [0, 0.1) is 0 Å². The molecule has 0 saturated heterocycles. The van der Waals surface area contributed by atoms with Crippen LogP contribution in [0.15, 0.2) is 5.11 Å². The van der Waals surface area contributed by atoms with Crippen LogP contribution >= 0.6 is 0 Å². The fourth-order valence-corrected chi connectivity index (χ4v) is 0.575. The Balaban J connectivity index is 3.69. The summed E-state index contributed by atoms with van der Waals surface area (Å²) in [7, 11) is 0. The minimum Gasteiger partial charge on any atom is -0.390 e. The molecule has 0 aliphatic heterocycles. The third kappa shape index (κ3) is 3.29. The van der Waals surface area contributed by atoms with E-state index in [0.29, 0.717) is 6.42 Å². The van der Waals surface area contributed by atoms with Crippen LogP contribution in [0.2, 0.25) is 0 Å². The molecule has 2 atom stereocenters. The zero-order valence-corrected chi connectivity index (χ0v) is 5.80. The maximum Gasteiger partial charge on any atom is 0.158 e. The molecule has 10 heavy (non-hydrogen) atoms. The molecule has 0 aliphatic rings. The Kier molecular flexibility index (Phi) is 4.66. The SMILES string of the molecule is CCCC(O)C(O)N=[N+]=[N-]. The van der Waals surface area contributed by atoms with E-state index in [4.69, 9.17) is 15.7 Å². The molecule has 0 aliphatic carbocycles. The standard InChI is InChI=1S/C5H11N3O2/c1-2-3-4(9)5(10)7-8-6/h4-5,9-10H,2-3H2,1H3. The molecule has 2 N–H and O–H groups in total. The first-order chi connectivity index (χ1) is 4.72. The molecule has 0 saturated carbocycles. The van der Waals surface area contributed by atoms with E-state index in [1.165, 1.54) is 0 Å². The first-order valence-electron chi connectivity index (χ1n) is 3.12. The molecule has 0 aromatic carbocycles. The molecular weight excluding hydrogens is 134 g/mol. The zero-order valence-electron chi connectivity index (χ0n) is 5.80. The van der Waals surface area contributed by atoms with Crippen molar-refractivity contribution in [3.63, 3.8) is 0 Å². The summed E-state index contributed by atoms with van der Waals surface area (Å²) in [6.07, 6.45) is -1.04. The minimum absolute atomic E-state index is 0.445. The Morgan fingerprint density at radius 2 is 2.20 bits per heavy atom. The molecule has 2 unspecified atom stereocenters. The van der Waals surface area contributed by atoms with E-state index in [0.717, 1.165) is 6.42 Å². The lowest BCUT2D eigenvalue weighted by molar-refractivity contribution is 0.0188. The van der Waals surface area contributed by atoms with Gasteiger partial charge in [0, 0.05) is 4.91 Å². The predicted octanol–water partition coefficient (Wildman–Crippen LogP) is 0.776. The van der Waals surface area contributed by atoms with Gasteiger partial charge in [-0.05, 0) is 12.0 Å². The van der Waals surface area contributed by atoms with Crippen LogP contribution in [0.5, 0.6) is 0 Å². The van der Waals surface area contributed by atoms with Crippen molar-refractivity contribution in [3.05, 3.63) is 10.4 Å². The van der Waals surface area contributed by atoms with Crippen molar-refractivity contribution in [1.82, 2.24) is 0 Å². The molecule has 0 spiro atoms. The summed E-state index contributed by atoms with van der Waals surface area (Å²) in [6, 6.07) is 0. The van der Waals surface area contributed by atoms with Gasteiger partial charge in [0.05, 0.1) is 6.10 Å². The number of rotatable bonds is 4. The van der Waals surface area contributed by atoms with Crippen LogP contribution in [0.4, 0.5) is 0 Å². The van der Waals surface area contributed by atoms with Crippen molar-refractivity contribution < 1.29 is 10.2 Å². The van der Waals surface area contributed by atoms with Crippen LogP contribution in [-0.4, -0.2) is 22.5 Å². The zero-order chi connectivity index (χ0) is 7.98. The molecule has 0 radical (unpaired) electrons. The van der Waals surface area contributed by atoms with Gasteiger partial charge < -0.3 is 10.2 Å². The number of hydrogen-bond acceptors (Lipinski definition) is 3. The smallest absolute Gasteiger partial charge is 0.158 e. The normalized spacial score (nSPS) is 15.5. The van der Waals surface area contributed by atoms with Crippen LogP contribution in [0.25, 0.3) is 10.4 Å². The maximum absolute atomic E-state index is 8.93. The molecule has 0 aromatic heterocycles. The highest BCUT2D eigenvalue weighted by Crippen LogP contribution is 2.02. The van der Waals surface area contributed by atoms with Gasteiger partial charge in [-0.2, -0.15) is 0 Å². The van der Waals surface area contributed by atoms with Crippen molar-refractivity contribution in [2.75, 3.05) is 0 Å². The fourth-order valence-electron chi connectivity index (χ4n) is 0.575. The Bertz CT molecular complexity index is 133. The summed E-state index contributed by atoms with van der Waals surface area (Å²) in [4.78, 5) is 2.35. The quantitative estimate of drug-likeness (QED) is 0.347. The van der Waals surface area contributed by atoms with Gasteiger partial charge in [-0.25, -0.2) is 0 Å². The van der Waals surface area contributed by atoms with Gasteiger partial charge in [-0.15, -0.1) is 0 Å². The summed E-state index contributed by atoms with van der Waals surface area (Å²) in [6.45, 7) is 1.87. The first-order valence-corrected chi connectivity index (χ1v) is 3.12. The number of hydrogen-bond donors (Lipinski definition) is 2. The van der Waals surface area contributed by atoms with E-state index in [-0.39, 0.29) is 0 Å². The van der Waals surface area contributed by atoms with Gasteiger partial charge >= 0.3 is 0 Å². The second-order valence-electron chi connectivity index (χ2n) is 1.97. The fraction of sp³-hybridized carbons (Fsp3) is 1.00. The van der Waals surface area contributed by atoms with Gasteiger partial charge in [-0.3, -0.25) is 0 Å². The molecule has 5 nitrogen and oxygen atoms in total. The van der Waals surface area contributed by atoms with Crippen LogP contribution < -0.4 is 0 Å². The highest BCUT2D eigenvalue weighted by molar-refractivity contribution is 4.63. The second-order valence-corrected chi connectivity index (χ2v) is 1.97. The average molecular weight is 145 g/mol. The Morgan fingerprint density at radius 3 is 2.60 bits per heavy atom. The van der Waals surface area contributed by atoms with Crippen molar-refractivity contribution in [2.24, 2.45) is 5.11 Å². The number of azide groups is 1. The van der Waals surface area contributed by atoms with Gasteiger partial charge in [0.1, 0.15) is 0 Å². The first kappa shape index (κ1) is 9.23. The van der Waals surface area contributed by atoms with E-state index in [9.17, 15) is 0 Å². The third-order valence-electron chi connectivity index (χ3n) is 1.10. The van der Waals surface area contributed by atoms with Crippen LogP contribution in [0.3, 0.4) is 0 Å². The van der Waals surface area contributed by atoms with Gasteiger partial charge in [-0.1, -0.05) is 18.5 Å². The van der Waals surface area contributed by atoms with Crippen molar-refractivity contribution in [3.8, 4) is 0 Å². The largest absolute Gasteiger partial charge is 0.390 e. The van der Waals surface area contributed by atoms with Gasteiger partial charge in [0.25, 0.3) is 0 Å². The van der Waals surface area contributed by atoms with Gasteiger partial charge in [0.15, 0.2) is 6.23 Å². The Hall–Kier alpha value is -0.770. The molecule has 0 bridgehead atoms. The summed E-state index contributed by atoms with van der Waals surface area (Å²) < 4.78 is 0. The highest BCUT2D eigenvalue weighted by atomic mass is 16.3. The number of aliphatic hydroxyl groups excluding tert-OH is 2. The van der Waals surface area contributed by atoms with E-state index in [1.54, 1.807) is 0 Å². The van der Waals surface area contributed by atoms with E-state index in [2.05, 4.69) is 10.0 Å². The average Bonchev–Trinajstić information content (AvgIpc) is 1.89. The van der Waals surface area contributed by atoms with E-state index < -0.39 is 12.3 Å². The summed E-state index contributed by atoms with van der Waals surface area (Å²) >= 11 is 0. The summed E-state index contributed by atoms with van der Waals surface area (Å²) in [5.74, 6) is 0. The number of aliphatic hydroxyl groups is 2. The molecule has 58 valence electrons. The highest BCUT2D eigenvalue weighted by Gasteiger charge is 2.11. The van der Waals surface area contributed by atoms with Crippen LogP contribution in [-0.2, 0) is 0 Å². The lowest BCUT2D eigenvalue weighted by Gasteiger charge is -2.10. The van der Waals surface area contributed by atoms with Crippen molar-refractivity contribution in [1.29, 1.82) is 0 Å². The van der Waals surface area contributed by atoms with Gasteiger partial charge in [0.2, 0.25) is 0 Å². The molecule has 5 heteroatoms. The van der Waals surface area contributed by atoms with E-state index in [1.807, 2.05) is 6.92 Å². The summed E-state index contributed by atoms with van der Waals surface area (Å²) in [5.41, 5.74) is 7.84. The Labute approximate surface area is 58.9 Å². The maximum atomic E-state index is 8.93. The topological polar surface area (TPSA) is 89.2 Å². The second kappa shape index (κ2) is 5.05. The lowest BCUT2D eigenvalue weighted by Crippen LogP contribution is -2.22. The van der Waals surface area contributed by atoms with Crippen molar-refractivity contribution >= 4 is 0 Å². The van der Waals surface area contributed by atoms with E-state index >= 15 is 0 Å². The number of nitrogens with zero attached hydrogens (tertiary/aromatic N) is 3. The minimum atomic E-state index is -1.30.